The number of benzene rings is 1. The zero-order valence-electron chi connectivity index (χ0n) is 11.9. The minimum absolute atomic E-state index is 0.000440. The van der Waals surface area contributed by atoms with E-state index in [1.165, 1.54) is 0 Å². The number of hydrogen-bond acceptors (Lipinski definition) is 2. The van der Waals surface area contributed by atoms with E-state index >= 15 is 0 Å². The maximum atomic E-state index is 11.9. The van der Waals surface area contributed by atoms with Crippen LogP contribution in [0.1, 0.15) is 68.9 Å². The molecule has 0 saturated heterocycles. The second-order valence-corrected chi connectivity index (χ2v) is 6.74. The number of hydrogen-bond donors (Lipinski definition) is 1. The number of Topliss-reactive ketones (excluding diaryl/α,β-unsaturated/α-hetero) is 1. The molecule has 0 saturated carbocycles. The first-order chi connectivity index (χ1) is 8.15. The van der Waals surface area contributed by atoms with E-state index in [0.29, 0.717) is 5.56 Å². The van der Waals surface area contributed by atoms with Crippen LogP contribution in [0.5, 0.6) is 5.75 Å². The Hall–Kier alpha value is -1.31. The van der Waals surface area contributed by atoms with Gasteiger partial charge >= 0.3 is 0 Å². The molecule has 0 fully saturated rings. The molecule has 0 spiro atoms. The normalized spacial score (nSPS) is 20.3. The number of phenolic OH excluding ortho intramolecular Hbond substituents is 1. The van der Waals surface area contributed by atoms with Gasteiger partial charge in [-0.15, -0.1) is 0 Å². The van der Waals surface area contributed by atoms with Gasteiger partial charge in [-0.1, -0.05) is 27.7 Å². The number of ketones is 1. The van der Waals surface area contributed by atoms with Crippen LogP contribution in [0.15, 0.2) is 12.1 Å². The van der Waals surface area contributed by atoms with Gasteiger partial charge in [-0.3, -0.25) is 4.79 Å². The van der Waals surface area contributed by atoms with Crippen molar-refractivity contribution in [1.82, 2.24) is 0 Å². The topological polar surface area (TPSA) is 37.3 Å². The first-order valence-electron chi connectivity index (χ1n) is 6.54. The van der Waals surface area contributed by atoms with E-state index in [1.54, 1.807) is 13.0 Å². The summed E-state index contributed by atoms with van der Waals surface area (Å²) in [7, 11) is 0. The zero-order chi connectivity index (χ0) is 13.7. The summed E-state index contributed by atoms with van der Waals surface area (Å²) < 4.78 is 0. The van der Waals surface area contributed by atoms with Crippen molar-refractivity contribution in [2.75, 3.05) is 0 Å². The van der Waals surface area contributed by atoms with Gasteiger partial charge in [0.2, 0.25) is 0 Å². The molecule has 0 amide bonds. The van der Waals surface area contributed by atoms with Gasteiger partial charge in [0, 0.05) is 5.56 Å². The summed E-state index contributed by atoms with van der Waals surface area (Å²) in [6.07, 6.45) is 2.14. The van der Waals surface area contributed by atoms with E-state index in [0.717, 1.165) is 24.0 Å². The Labute approximate surface area is 109 Å². The molecule has 18 heavy (non-hydrogen) atoms. The summed E-state index contributed by atoms with van der Waals surface area (Å²) in [5.74, 6) is 0.234. The number of phenols is 1. The Morgan fingerprint density at radius 3 is 2.22 bits per heavy atom. The third-order valence-corrected chi connectivity index (χ3v) is 4.28. The van der Waals surface area contributed by atoms with E-state index in [4.69, 9.17) is 0 Å². The number of carbonyl (C=O) groups excluding carboxylic acids is 1. The van der Waals surface area contributed by atoms with Gasteiger partial charge in [-0.25, -0.2) is 0 Å². The summed E-state index contributed by atoms with van der Waals surface area (Å²) in [4.78, 5) is 11.9. The molecule has 2 rings (SSSR count). The molecule has 2 nitrogen and oxygen atoms in total. The predicted molar refractivity (Wildman–Crippen MR) is 73.4 cm³/mol. The third-order valence-electron chi connectivity index (χ3n) is 4.28. The number of aromatic hydroxyl groups is 1. The molecule has 0 unspecified atom stereocenters. The van der Waals surface area contributed by atoms with Crippen molar-refractivity contribution >= 4 is 5.78 Å². The molecular weight excluding hydrogens is 224 g/mol. The van der Waals surface area contributed by atoms with E-state index in [2.05, 4.69) is 27.7 Å². The van der Waals surface area contributed by atoms with Gasteiger partial charge < -0.3 is 5.11 Å². The van der Waals surface area contributed by atoms with Crippen molar-refractivity contribution in [2.45, 2.75) is 58.3 Å². The number of carbonyl (C=O) groups is 1. The van der Waals surface area contributed by atoms with Crippen molar-refractivity contribution in [3.05, 3.63) is 28.8 Å². The van der Waals surface area contributed by atoms with E-state index in [1.807, 2.05) is 6.07 Å². The largest absolute Gasteiger partial charge is 0.508 e. The van der Waals surface area contributed by atoms with Gasteiger partial charge in [-0.05, 0) is 53.9 Å². The van der Waals surface area contributed by atoms with Gasteiger partial charge in [0.15, 0.2) is 5.78 Å². The minimum Gasteiger partial charge on any atom is -0.508 e. The molecule has 0 aromatic heterocycles. The van der Waals surface area contributed by atoms with E-state index < -0.39 is 0 Å². The summed E-state index contributed by atoms with van der Waals surface area (Å²) in [6.45, 7) is 10.3. The lowest BCUT2D eigenvalue weighted by Gasteiger charge is -2.42. The van der Waals surface area contributed by atoms with Crippen molar-refractivity contribution in [3.8, 4) is 5.75 Å². The van der Waals surface area contributed by atoms with Crippen LogP contribution in [0.4, 0.5) is 0 Å². The first-order valence-corrected chi connectivity index (χ1v) is 6.54. The fourth-order valence-corrected chi connectivity index (χ4v) is 3.05. The van der Waals surface area contributed by atoms with Crippen LogP contribution in [-0.4, -0.2) is 10.9 Å². The molecule has 0 bridgehead atoms. The molecule has 2 heteroatoms. The van der Waals surface area contributed by atoms with Crippen LogP contribution in [0.3, 0.4) is 0 Å². The lowest BCUT2D eigenvalue weighted by molar-refractivity contribution is 0.101. The molecule has 1 aromatic rings. The zero-order valence-corrected chi connectivity index (χ0v) is 11.9. The molecule has 0 atom stereocenters. The molecule has 1 aliphatic carbocycles. The minimum atomic E-state index is -0.000440. The molecular formula is C16H22O2. The standard InChI is InChI=1S/C16H22O2/c1-10(17)12-8-11(18)9-13-14(12)16(4,5)7-6-15(13,2)3/h8-9,18H,6-7H2,1-5H3. The van der Waals surface area contributed by atoms with E-state index in [-0.39, 0.29) is 22.4 Å². The Kier molecular flexibility index (Phi) is 2.80. The fourth-order valence-electron chi connectivity index (χ4n) is 3.05. The Bertz CT molecular complexity index is 510. The van der Waals surface area contributed by atoms with Crippen molar-refractivity contribution in [2.24, 2.45) is 0 Å². The number of rotatable bonds is 1. The Balaban J connectivity index is 2.82. The van der Waals surface area contributed by atoms with Crippen molar-refractivity contribution in [3.63, 3.8) is 0 Å². The molecule has 0 aliphatic heterocycles. The lowest BCUT2D eigenvalue weighted by Crippen LogP contribution is -2.35. The molecule has 1 N–H and O–H groups in total. The smallest absolute Gasteiger partial charge is 0.160 e. The van der Waals surface area contributed by atoms with Crippen LogP contribution in [0.2, 0.25) is 0 Å². The van der Waals surface area contributed by atoms with Gasteiger partial charge in [0.25, 0.3) is 0 Å². The van der Waals surface area contributed by atoms with Crippen molar-refractivity contribution in [1.29, 1.82) is 0 Å². The van der Waals surface area contributed by atoms with Crippen molar-refractivity contribution < 1.29 is 9.90 Å². The first kappa shape index (κ1) is 13.1. The highest BCUT2D eigenvalue weighted by atomic mass is 16.3. The van der Waals surface area contributed by atoms with Crippen LogP contribution in [0, 0.1) is 0 Å². The van der Waals surface area contributed by atoms with Gasteiger partial charge in [0.1, 0.15) is 5.75 Å². The summed E-state index contributed by atoms with van der Waals surface area (Å²) in [5, 5.41) is 9.87. The quantitative estimate of drug-likeness (QED) is 0.762. The average molecular weight is 246 g/mol. The molecule has 0 heterocycles. The Morgan fingerprint density at radius 1 is 1.11 bits per heavy atom. The summed E-state index contributed by atoms with van der Waals surface area (Å²) in [6, 6.07) is 3.45. The SMILES string of the molecule is CC(=O)c1cc(O)cc2c1C(C)(C)CCC2(C)C. The van der Waals surface area contributed by atoms with Crippen LogP contribution in [0.25, 0.3) is 0 Å². The lowest BCUT2D eigenvalue weighted by atomic mass is 9.61. The highest BCUT2D eigenvalue weighted by Gasteiger charge is 2.39. The predicted octanol–water partition coefficient (Wildman–Crippen LogP) is 3.94. The fraction of sp³-hybridized carbons (Fsp3) is 0.562. The summed E-state index contributed by atoms with van der Waals surface area (Å²) in [5.41, 5.74) is 2.96. The second-order valence-electron chi connectivity index (χ2n) is 6.74. The molecule has 1 aromatic carbocycles. The molecule has 0 radical (unpaired) electrons. The Morgan fingerprint density at radius 2 is 1.67 bits per heavy atom. The van der Waals surface area contributed by atoms with Crippen LogP contribution in [-0.2, 0) is 10.8 Å². The molecule has 1 aliphatic rings. The van der Waals surface area contributed by atoms with Crippen LogP contribution < -0.4 is 0 Å². The van der Waals surface area contributed by atoms with Gasteiger partial charge in [-0.2, -0.15) is 0 Å². The van der Waals surface area contributed by atoms with Crippen LogP contribution >= 0.6 is 0 Å². The highest BCUT2D eigenvalue weighted by molar-refractivity contribution is 5.97. The number of fused-ring (bicyclic) bond motifs is 1. The average Bonchev–Trinajstić information content (AvgIpc) is 2.23. The maximum absolute atomic E-state index is 11.9. The molecule has 98 valence electrons. The van der Waals surface area contributed by atoms with Gasteiger partial charge in [0.05, 0.1) is 0 Å². The third kappa shape index (κ3) is 1.94. The highest BCUT2D eigenvalue weighted by Crippen LogP contribution is 2.48. The monoisotopic (exact) mass is 246 g/mol. The van der Waals surface area contributed by atoms with E-state index in [9.17, 15) is 9.90 Å². The summed E-state index contributed by atoms with van der Waals surface area (Å²) >= 11 is 0. The second kappa shape index (κ2) is 3.84. The maximum Gasteiger partial charge on any atom is 0.160 e.